The van der Waals surface area contributed by atoms with Gasteiger partial charge in [-0.2, -0.15) is 0 Å². The molecule has 0 aromatic heterocycles. The largest absolute Gasteiger partial charge is 0.494 e. The number of carbonyl (C=O) groups is 2. The number of carbonyl (C=O) groups excluding carboxylic acids is 2. The number of nitrogens with one attached hydrogen (secondary N) is 1. The molecular formula is C14H19NO4. The zero-order valence-electron chi connectivity index (χ0n) is 11.4. The van der Waals surface area contributed by atoms with Crippen LogP contribution in [0.15, 0.2) is 24.3 Å². The molecule has 5 heteroatoms. The lowest BCUT2D eigenvalue weighted by atomic mass is 10.1. The molecule has 19 heavy (non-hydrogen) atoms. The van der Waals surface area contributed by atoms with Gasteiger partial charge in [0.05, 0.1) is 20.1 Å². The van der Waals surface area contributed by atoms with Crippen molar-refractivity contribution in [1.29, 1.82) is 0 Å². The maximum absolute atomic E-state index is 11.7. The third-order valence-corrected chi connectivity index (χ3v) is 2.53. The minimum absolute atomic E-state index is 0.216. The van der Waals surface area contributed by atoms with Gasteiger partial charge in [-0.05, 0) is 31.5 Å². The summed E-state index contributed by atoms with van der Waals surface area (Å²) in [6.07, 6.45) is 0.216. The van der Waals surface area contributed by atoms with Crippen molar-refractivity contribution in [3.63, 3.8) is 0 Å². The monoisotopic (exact) mass is 265 g/mol. The van der Waals surface area contributed by atoms with E-state index >= 15 is 0 Å². The van der Waals surface area contributed by atoms with E-state index in [0.717, 1.165) is 11.3 Å². The van der Waals surface area contributed by atoms with Gasteiger partial charge in [0.2, 0.25) is 5.91 Å². The molecule has 0 aliphatic rings. The number of hydrogen-bond acceptors (Lipinski definition) is 4. The summed E-state index contributed by atoms with van der Waals surface area (Å²) in [6, 6.07) is 6.65. The van der Waals surface area contributed by atoms with Crippen molar-refractivity contribution >= 4 is 11.9 Å². The molecule has 0 aliphatic heterocycles. The van der Waals surface area contributed by atoms with E-state index < -0.39 is 12.0 Å². The van der Waals surface area contributed by atoms with Gasteiger partial charge in [-0.1, -0.05) is 12.1 Å². The second-order valence-corrected chi connectivity index (χ2v) is 4.07. The second-order valence-electron chi connectivity index (χ2n) is 4.07. The summed E-state index contributed by atoms with van der Waals surface area (Å²) in [5.41, 5.74) is 0.859. The molecule has 0 bridgehead atoms. The average molecular weight is 265 g/mol. The van der Waals surface area contributed by atoms with E-state index in [4.69, 9.17) is 4.74 Å². The van der Waals surface area contributed by atoms with Crippen LogP contribution in [0.5, 0.6) is 5.75 Å². The minimum atomic E-state index is -0.639. The minimum Gasteiger partial charge on any atom is -0.494 e. The van der Waals surface area contributed by atoms with Crippen LogP contribution < -0.4 is 10.1 Å². The summed E-state index contributed by atoms with van der Waals surface area (Å²) >= 11 is 0. The van der Waals surface area contributed by atoms with Gasteiger partial charge in [0.15, 0.2) is 0 Å². The summed E-state index contributed by atoms with van der Waals surface area (Å²) < 4.78 is 9.85. The molecule has 1 rings (SSSR count). The van der Waals surface area contributed by atoms with Gasteiger partial charge in [0, 0.05) is 0 Å². The van der Waals surface area contributed by atoms with Crippen molar-refractivity contribution in [3.8, 4) is 5.75 Å². The SMILES string of the molecule is CCOc1ccc(CC(=O)NC(C)C(=O)OC)cc1. The zero-order valence-corrected chi connectivity index (χ0v) is 11.4. The Kier molecular flexibility index (Phi) is 5.85. The van der Waals surface area contributed by atoms with E-state index in [2.05, 4.69) is 10.1 Å². The fourth-order valence-corrected chi connectivity index (χ4v) is 1.58. The Bertz CT molecular complexity index is 428. The molecule has 0 radical (unpaired) electrons. The van der Waals surface area contributed by atoms with Crippen LogP contribution in [0.2, 0.25) is 0 Å². The lowest BCUT2D eigenvalue weighted by Gasteiger charge is -2.11. The molecule has 104 valence electrons. The number of methoxy groups -OCH3 is 1. The predicted octanol–water partition coefficient (Wildman–Crippen LogP) is 1.31. The number of rotatable bonds is 6. The molecule has 5 nitrogen and oxygen atoms in total. The van der Waals surface area contributed by atoms with Gasteiger partial charge in [0.25, 0.3) is 0 Å². The highest BCUT2D eigenvalue weighted by Crippen LogP contribution is 2.12. The van der Waals surface area contributed by atoms with E-state index in [-0.39, 0.29) is 12.3 Å². The Morgan fingerprint density at radius 2 is 1.89 bits per heavy atom. The van der Waals surface area contributed by atoms with Crippen LogP contribution in [-0.4, -0.2) is 31.6 Å². The van der Waals surface area contributed by atoms with E-state index in [1.165, 1.54) is 7.11 Å². The molecule has 0 saturated carbocycles. The van der Waals surface area contributed by atoms with Crippen LogP contribution in [0.25, 0.3) is 0 Å². The number of amides is 1. The number of benzene rings is 1. The highest BCUT2D eigenvalue weighted by Gasteiger charge is 2.15. The van der Waals surface area contributed by atoms with Gasteiger partial charge in [-0.15, -0.1) is 0 Å². The summed E-state index contributed by atoms with van der Waals surface area (Å²) in [5.74, 6) is 0.0942. The Morgan fingerprint density at radius 3 is 2.42 bits per heavy atom. The molecule has 1 aromatic carbocycles. The Labute approximate surface area is 112 Å². The lowest BCUT2D eigenvalue weighted by Crippen LogP contribution is -2.39. The summed E-state index contributed by atoms with van der Waals surface area (Å²) in [7, 11) is 1.29. The molecular weight excluding hydrogens is 246 g/mol. The maximum Gasteiger partial charge on any atom is 0.328 e. The highest BCUT2D eigenvalue weighted by molar-refractivity contribution is 5.85. The average Bonchev–Trinajstić information content (AvgIpc) is 2.40. The van der Waals surface area contributed by atoms with Gasteiger partial charge in [0.1, 0.15) is 11.8 Å². The molecule has 0 saturated heterocycles. The number of hydrogen-bond donors (Lipinski definition) is 1. The Balaban J connectivity index is 2.50. The molecule has 1 aromatic rings. The Hall–Kier alpha value is -2.04. The smallest absolute Gasteiger partial charge is 0.328 e. The third kappa shape index (κ3) is 4.99. The van der Waals surface area contributed by atoms with Crippen LogP contribution in [0.1, 0.15) is 19.4 Å². The van der Waals surface area contributed by atoms with Crippen LogP contribution in [-0.2, 0) is 20.7 Å². The number of esters is 1. The third-order valence-electron chi connectivity index (χ3n) is 2.53. The van der Waals surface area contributed by atoms with E-state index in [1.807, 2.05) is 31.2 Å². The van der Waals surface area contributed by atoms with Crippen molar-refractivity contribution in [2.45, 2.75) is 26.3 Å². The molecule has 1 atom stereocenters. The molecule has 0 heterocycles. The van der Waals surface area contributed by atoms with E-state index in [9.17, 15) is 9.59 Å². The molecule has 1 N–H and O–H groups in total. The van der Waals surface area contributed by atoms with Crippen molar-refractivity contribution in [3.05, 3.63) is 29.8 Å². The first-order valence-electron chi connectivity index (χ1n) is 6.15. The summed E-state index contributed by atoms with van der Waals surface area (Å²) in [6.45, 7) is 4.11. The maximum atomic E-state index is 11.7. The van der Waals surface area contributed by atoms with Crippen molar-refractivity contribution in [2.75, 3.05) is 13.7 Å². The normalized spacial score (nSPS) is 11.5. The topological polar surface area (TPSA) is 64.6 Å². The van der Waals surface area contributed by atoms with Gasteiger partial charge in [-0.3, -0.25) is 4.79 Å². The molecule has 1 unspecified atom stereocenters. The first-order valence-corrected chi connectivity index (χ1v) is 6.15. The molecule has 0 aliphatic carbocycles. The van der Waals surface area contributed by atoms with Crippen molar-refractivity contribution in [1.82, 2.24) is 5.32 Å². The van der Waals surface area contributed by atoms with E-state index in [1.54, 1.807) is 6.92 Å². The van der Waals surface area contributed by atoms with E-state index in [0.29, 0.717) is 6.61 Å². The van der Waals surface area contributed by atoms with Gasteiger partial charge < -0.3 is 14.8 Å². The lowest BCUT2D eigenvalue weighted by molar-refractivity contribution is -0.144. The zero-order chi connectivity index (χ0) is 14.3. The summed E-state index contributed by atoms with van der Waals surface area (Å²) in [5, 5.41) is 2.57. The molecule has 0 spiro atoms. The second kappa shape index (κ2) is 7.41. The number of ether oxygens (including phenoxy) is 2. The van der Waals surface area contributed by atoms with Crippen LogP contribution in [0, 0.1) is 0 Å². The van der Waals surface area contributed by atoms with Crippen molar-refractivity contribution < 1.29 is 19.1 Å². The first kappa shape index (κ1) is 15.0. The standard InChI is InChI=1S/C14H19NO4/c1-4-19-12-7-5-11(6-8-12)9-13(16)15-10(2)14(17)18-3/h5-8,10H,4,9H2,1-3H3,(H,15,16). The van der Waals surface area contributed by atoms with Crippen LogP contribution in [0.3, 0.4) is 0 Å². The molecule has 0 fully saturated rings. The fraction of sp³-hybridized carbons (Fsp3) is 0.429. The van der Waals surface area contributed by atoms with Gasteiger partial charge >= 0.3 is 5.97 Å². The van der Waals surface area contributed by atoms with Crippen LogP contribution in [0.4, 0.5) is 0 Å². The summed E-state index contributed by atoms with van der Waals surface area (Å²) in [4.78, 5) is 22.9. The van der Waals surface area contributed by atoms with Crippen molar-refractivity contribution in [2.24, 2.45) is 0 Å². The highest BCUT2D eigenvalue weighted by atomic mass is 16.5. The fourth-order valence-electron chi connectivity index (χ4n) is 1.58. The van der Waals surface area contributed by atoms with Crippen LogP contribution >= 0.6 is 0 Å². The molecule has 1 amide bonds. The predicted molar refractivity (Wildman–Crippen MR) is 70.9 cm³/mol. The first-order chi connectivity index (χ1) is 9.06. The van der Waals surface area contributed by atoms with Gasteiger partial charge in [-0.25, -0.2) is 4.79 Å². The Morgan fingerprint density at radius 1 is 1.26 bits per heavy atom. The quantitative estimate of drug-likeness (QED) is 0.788.